The Morgan fingerprint density at radius 3 is 2.67 bits per heavy atom. The first-order chi connectivity index (χ1) is 8.76. The number of benzene rings is 2. The van der Waals surface area contributed by atoms with Crippen LogP contribution < -0.4 is 5.32 Å². The van der Waals surface area contributed by atoms with Crippen LogP contribution in [0.25, 0.3) is 10.8 Å². The summed E-state index contributed by atoms with van der Waals surface area (Å²) >= 11 is 1.36. The highest BCUT2D eigenvalue weighted by Gasteiger charge is 2.05. The van der Waals surface area contributed by atoms with Gasteiger partial charge >= 0.3 is 0 Å². The number of hydrogen-bond donors (Lipinski definition) is 2. The molecule has 0 saturated carbocycles. The molecule has 0 unspecified atom stereocenters. The van der Waals surface area contributed by atoms with Crippen LogP contribution >= 0.6 is 11.8 Å². The number of phenolic OH excluding ortho intramolecular Hbond substituents is 1. The highest BCUT2D eigenvalue weighted by atomic mass is 32.2. The van der Waals surface area contributed by atoms with Crippen molar-refractivity contribution in [2.45, 2.75) is 0 Å². The quantitative estimate of drug-likeness (QED) is 0.357. The first-order valence-electron chi connectivity index (χ1n) is 5.24. The second-order valence-electron chi connectivity index (χ2n) is 3.51. The van der Waals surface area contributed by atoms with Gasteiger partial charge in [-0.2, -0.15) is 5.26 Å². The molecule has 0 amide bonds. The van der Waals surface area contributed by atoms with E-state index in [1.165, 1.54) is 11.8 Å². The summed E-state index contributed by atoms with van der Waals surface area (Å²) in [7, 11) is 0. The van der Waals surface area contributed by atoms with Crippen molar-refractivity contribution in [2.75, 3.05) is 6.26 Å². The number of aromatic hydroxyl groups is 1. The van der Waals surface area contributed by atoms with E-state index in [-0.39, 0.29) is 5.75 Å². The molecule has 0 aliphatic heterocycles. The Labute approximate surface area is 109 Å². The van der Waals surface area contributed by atoms with E-state index in [2.05, 4.69) is 10.3 Å². The zero-order valence-electron chi connectivity index (χ0n) is 9.71. The number of amidine groups is 1. The summed E-state index contributed by atoms with van der Waals surface area (Å²) in [5.41, 5.74) is 0.718. The third kappa shape index (κ3) is 2.39. The van der Waals surface area contributed by atoms with Crippen LogP contribution in [0.1, 0.15) is 0 Å². The van der Waals surface area contributed by atoms with Gasteiger partial charge in [0.15, 0.2) is 11.4 Å². The van der Waals surface area contributed by atoms with Gasteiger partial charge in [-0.25, -0.2) is 4.99 Å². The standard InChI is InChI=1S/C13H11N3OS/c1-18-13(15-8-14)16-11-6-7-12(17)10-5-3-2-4-9(10)11/h2-7,17H,1H3,(H,15,16). The molecule has 2 aromatic rings. The summed E-state index contributed by atoms with van der Waals surface area (Å²) in [6.45, 7) is 0. The van der Waals surface area contributed by atoms with Crippen molar-refractivity contribution in [3.63, 3.8) is 0 Å². The Bertz CT molecular complexity index is 646. The highest BCUT2D eigenvalue weighted by molar-refractivity contribution is 8.13. The van der Waals surface area contributed by atoms with Crippen LogP contribution in [0, 0.1) is 11.5 Å². The van der Waals surface area contributed by atoms with Gasteiger partial charge in [-0.3, -0.25) is 5.32 Å². The summed E-state index contributed by atoms with van der Waals surface area (Å²) in [6, 6.07) is 10.8. The average molecular weight is 257 g/mol. The second-order valence-corrected chi connectivity index (χ2v) is 4.30. The number of fused-ring (bicyclic) bond motifs is 1. The highest BCUT2D eigenvalue weighted by Crippen LogP contribution is 2.32. The van der Waals surface area contributed by atoms with Gasteiger partial charge < -0.3 is 5.11 Å². The summed E-state index contributed by atoms with van der Waals surface area (Å²) in [5, 5.41) is 23.0. The number of nitriles is 1. The van der Waals surface area contributed by atoms with Crippen molar-refractivity contribution in [3.05, 3.63) is 36.4 Å². The minimum absolute atomic E-state index is 0.225. The molecular weight excluding hydrogens is 246 g/mol. The molecule has 0 radical (unpaired) electrons. The first kappa shape index (κ1) is 12.3. The summed E-state index contributed by atoms with van der Waals surface area (Å²) < 4.78 is 0. The van der Waals surface area contributed by atoms with Crippen LogP contribution in [0.5, 0.6) is 5.75 Å². The van der Waals surface area contributed by atoms with Gasteiger partial charge in [0.2, 0.25) is 0 Å². The van der Waals surface area contributed by atoms with E-state index in [1.54, 1.807) is 12.1 Å². The predicted octanol–water partition coefficient (Wildman–Crippen LogP) is 2.97. The van der Waals surface area contributed by atoms with Gasteiger partial charge in [-0.15, -0.1) is 0 Å². The lowest BCUT2D eigenvalue weighted by Crippen LogP contribution is -2.12. The lowest BCUT2D eigenvalue weighted by Gasteiger charge is -2.05. The molecule has 5 heteroatoms. The molecule has 0 bridgehead atoms. The van der Waals surface area contributed by atoms with Gasteiger partial charge in [0.1, 0.15) is 5.75 Å². The maximum absolute atomic E-state index is 9.77. The number of aliphatic imine (C=N–C) groups is 1. The van der Waals surface area contributed by atoms with E-state index in [4.69, 9.17) is 5.26 Å². The molecule has 0 saturated heterocycles. The molecule has 0 aromatic heterocycles. The monoisotopic (exact) mass is 257 g/mol. The Balaban J connectivity index is 2.59. The Morgan fingerprint density at radius 2 is 2.00 bits per heavy atom. The van der Waals surface area contributed by atoms with Crippen LogP contribution in [0.2, 0.25) is 0 Å². The lowest BCUT2D eigenvalue weighted by molar-refractivity contribution is 0.481. The van der Waals surface area contributed by atoms with Gasteiger partial charge in [0, 0.05) is 10.8 Å². The number of hydrogen-bond acceptors (Lipinski definition) is 4. The van der Waals surface area contributed by atoms with E-state index in [1.807, 2.05) is 36.7 Å². The molecule has 90 valence electrons. The van der Waals surface area contributed by atoms with E-state index in [0.717, 1.165) is 16.5 Å². The van der Waals surface area contributed by atoms with Gasteiger partial charge in [-0.05, 0) is 18.4 Å². The van der Waals surface area contributed by atoms with E-state index >= 15 is 0 Å². The second kappa shape index (κ2) is 5.43. The molecule has 4 nitrogen and oxygen atoms in total. The van der Waals surface area contributed by atoms with Crippen molar-refractivity contribution < 1.29 is 5.11 Å². The van der Waals surface area contributed by atoms with Gasteiger partial charge in [0.25, 0.3) is 0 Å². The van der Waals surface area contributed by atoms with Crippen LogP contribution in [0.4, 0.5) is 5.69 Å². The third-order valence-corrected chi connectivity index (χ3v) is 3.04. The maximum Gasteiger partial charge on any atom is 0.183 e. The fraction of sp³-hybridized carbons (Fsp3) is 0.0769. The van der Waals surface area contributed by atoms with Crippen molar-refractivity contribution in [2.24, 2.45) is 4.99 Å². The molecule has 0 atom stereocenters. The first-order valence-corrected chi connectivity index (χ1v) is 6.47. The van der Waals surface area contributed by atoms with Crippen molar-refractivity contribution in [1.82, 2.24) is 5.32 Å². The number of nitrogens with one attached hydrogen (secondary N) is 1. The molecule has 0 fully saturated rings. The van der Waals surface area contributed by atoms with E-state index in [9.17, 15) is 5.11 Å². The van der Waals surface area contributed by atoms with Crippen LogP contribution in [-0.4, -0.2) is 16.5 Å². The maximum atomic E-state index is 9.77. The number of phenols is 1. The number of rotatable bonds is 1. The predicted molar refractivity (Wildman–Crippen MR) is 75.0 cm³/mol. The van der Waals surface area contributed by atoms with E-state index < -0.39 is 0 Å². The van der Waals surface area contributed by atoms with Gasteiger partial charge in [-0.1, -0.05) is 36.0 Å². The van der Waals surface area contributed by atoms with Gasteiger partial charge in [0.05, 0.1) is 5.69 Å². The van der Waals surface area contributed by atoms with Crippen LogP contribution in [-0.2, 0) is 0 Å². The molecular formula is C13H11N3OS. The Kier molecular flexibility index (Phi) is 3.70. The SMILES string of the molecule is CSC(=Nc1ccc(O)c2ccccc12)NC#N. The molecule has 0 spiro atoms. The topological polar surface area (TPSA) is 68.4 Å². The minimum Gasteiger partial charge on any atom is -0.507 e. The molecule has 18 heavy (non-hydrogen) atoms. The molecule has 2 aromatic carbocycles. The van der Waals surface area contributed by atoms with Crippen LogP contribution in [0.15, 0.2) is 41.4 Å². The smallest absolute Gasteiger partial charge is 0.183 e. The number of nitrogens with zero attached hydrogens (tertiary/aromatic N) is 2. The Hall–Kier alpha value is -2.19. The normalized spacial score (nSPS) is 11.2. The van der Waals surface area contributed by atoms with Crippen molar-refractivity contribution in [3.8, 4) is 11.9 Å². The molecule has 0 aliphatic carbocycles. The molecule has 2 N–H and O–H groups in total. The zero-order valence-corrected chi connectivity index (χ0v) is 10.5. The van der Waals surface area contributed by atoms with E-state index in [0.29, 0.717) is 5.17 Å². The fourth-order valence-corrected chi connectivity index (χ4v) is 1.98. The number of thioether (sulfide) groups is 1. The fourth-order valence-electron chi connectivity index (χ4n) is 1.65. The summed E-state index contributed by atoms with van der Waals surface area (Å²) in [6.07, 6.45) is 3.69. The van der Waals surface area contributed by atoms with Crippen molar-refractivity contribution >= 4 is 33.4 Å². The van der Waals surface area contributed by atoms with Crippen LogP contribution in [0.3, 0.4) is 0 Å². The molecule has 0 heterocycles. The minimum atomic E-state index is 0.225. The lowest BCUT2D eigenvalue weighted by atomic mass is 10.1. The zero-order chi connectivity index (χ0) is 13.0. The largest absolute Gasteiger partial charge is 0.507 e. The van der Waals surface area contributed by atoms with Crippen molar-refractivity contribution in [1.29, 1.82) is 5.26 Å². The molecule has 0 aliphatic rings. The third-order valence-electron chi connectivity index (χ3n) is 2.46. The summed E-state index contributed by atoms with van der Waals surface area (Å²) in [5.74, 6) is 0.225. The Morgan fingerprint density at radius 1 is 1.28 bits per heavy atom. The molecule has 2 rings (SSSR count). The summed E-state index contributed by atoms with van der Waals surface area (Å²) in [4.78, 5) is 4.37. The average Bonchev–Trinajstić information content (AvgIpc) is 2.41.